The van der Waals surface area contributed by atoms with E-state index >= 15 is 0 Å². The molecule has 1 atom stereocenters. The average Bonchev–Trinajstić information content (AvgIpc) is 3.10. The topological polar surface area (TPSA) is 90.3 Å². The first-order chi connectivity index (χ1) is 12.2. The smallest absolute Gasteiger partial charge is 0.267 e. The van der Waals surface area contributed by atoms with Gasteiger partial charge in [0.25, 0.3) is 5.91 Å². The Kier molecular flexibility index (Phi) is 5.75. The zero-order chi connectivity index (χ0) is 17.6. The highest BCUT2D eigenvalue weighted by atomic mass is 32.1. The van der Waals surface area contributed by atoms with Gasteiger partial charge in [-0.25, -0.2) is 0 Å². The molecule has 1 aliphatic heterocycles. The molecule has 0 saturated carbocycles. The minimum atomic E-state index is -0.116. The number of ether oxygens (including phenoxy) is 2. The Morgan fingerprint density at radius 2 is 2.24 bits per heavy atom. The number of aryl methyl sites for hydroxylation is 1. The summed E-state index contributed by atoms with van der Waals surface area (Å²) >= 11 is 1.17. The van der Waals surface area contributed by atoms with Crippen molar-refractivity contribution in [2.75, 3.05) is 20.2 Å². The molecule has 0 aromatic carbocycles. The van der Waals surface area contributed by atoms with Crippen molar-refractivity contribution in [1.29, 1.82) is 0 Å². The Bertz CT molecular complexity index is 723. The predicted molar refractivity (Wildman–Crippen MR) is 92.0 cm³/mol. The number of carbonyl (C=O) groups excluding carboxylic acids is 1. The third-order valence-corrected chi connectivity index (χ3v) is 4.75. The summed E-state index contributed by atoms with van der Waals surface area (Å²) < 4.78 is 14.9. The van der Waals surface area contributed by atoms with Crippen molar-refractivity contribution in [2.24, 2.45) is 0 Å². The summed E-state index contributed by atoms with van der Waals surface area (Å²) in [5, 5.41) is 4.09. The van der Waals surface area contributed by atoms with Crippen LogP contribution >= 0.6 is 11.5 Å². The van der Waals surface area contributed by atoms with E-state index in [1.54, 1.807) is 6.20 Å². The molecular formula is C16H21N5O3S. The van der Waals surface area contributed by atoms with E-state index in [1.807, 2.05) is 4.90 Å². The van der Waals surface area contributed by atoms with Crippen LogP contribution in [0.1, 0.15) is 41.6 Å². The molecule has 25 heavy (non-hydrogen) atoms. The molecule has 0 spiro atoms. The lowest BCUT2D eigenvalue weighted by molar-refractivity contribution is 0.0528. The summed E-state index contributed by atoms with van der Waals surface area (Å²) in [6.45, 7) is 3.29. The Labute approximate surface area is 150 Å². The number of hydrogen-bond donors (Lipinski definition) is 0. The van der Waals surface area contributed by atoms with Gasteiger partial charge in [-0.1, -0.05) is 17.8 Å². The van der Waals surface area contributed by atoms with Gasteiger partial charge in [0.2, 0.25) is 11.8 Å². The standard InChI is InChI=1S/C16H21N5O3S/c1-3-5-12-15(25-20-19-12)16(22)21-7-4-6-11(10-21)24-14-9-17-8-13(18-14)23-2/h8-9,11H,3-7,10H2,1-2H3. The molecule has 2 aromatic heterocycles. The van der Waals surface area contributed by atoms with Crippen LogP contribution in [0.15, 0.2) is 12.4 Å². The van der Waals surface area contributed by atoms with Gasteiger partial charge in [-0.05, 0) is 30.8 Å². The molecule has 0 N–H and O–H groups in total. The summed E-state index contributed by atoms with van der Waals surface area (Å²) in [6.07, 6.45) is 6.41. The molecule has 0 radical (unpaired) electrons. The van der Waals surface area contributed by atoms with Gasteiger partial charge in [-0.15, -0.1) is 5.10 Å². The first-order valence-corrected chi connectivity index (χ1v) is 9.11. The molecule has 3 heterocycles. The average molecular weight is 363 g/mol. The van der Waals surface area contributed by atoms with E-state index in [0.29, 0.717) is 29.7 Å². The van der Waals surface area contributed by atoms with E-state index in [9.17, 15) is 4.79 Å². The van der Waals surface area contributed by atoms with Crippen molar-refractivity contribution in [3.05, 3.63) is 23.0 Å². The third kappa shape index (κ3) is 4.22. The number of rotatable bonds is 6. The molecule has 1 saturated heterocycles. The maximum atomic E-state index is 12.8. The summed E-state index contributed by atoms with van der Waals surface area (Å²) in [5.41, 5.74) is 0.791. The van der Waals surface area contributed by atoms with E-state index in [1.165, 1.54) is 24.8 Å². The monoisotopic (exact) mass is 363 g/mol. The number of hydrogen-bond acceptors (Lipinski definition) is 8. The van der Waals surface area contributed by atoms with Crippen LogP contribution in [-0.4, -0.2) is 56.7 Å². The lowest BCUT2D eigenvalue weighted by atomic mass is 10.1. The fraction of sp³-hybridized carbons (Fsp3) is 0.562. The SMILES string of the molecule is CCCc1nnsc1C(=O)N1CCCC(Oc2cncc(OC)n2)C1. The second-order valence-electron chi connectivity index (χ2n) is 5.83. The largest absolute Gasteiger partial charge is 0.480 e. The number of methoxy groups -OCH3 is 1. The molecule has 2 aromatic rings. The number of aromatic nitrogens is 4. The highest BCUT2D eigenvalue weighted by Gasteiger charge is 2.28. The van der Waals surface area contributed by atoms with Gasteiger partial charge in [0.1, 0.15) is 11.0 Å². The molecule has 8 nitrogen and oxygen atoms in total. The first kappa shape index (κ1) is 17.5. The Morgan fingerprint density at radius 1 is 1.40 bits per heavy atom. The summed E-state index contributed by atoms with van der Waals surface area (Å²) in [6, 6.07) is 0. The molecule has 1 aliphatic rings. The molecule has 0 aliphatic carbocycles. The van der Waals surface area contributed by atoms with Crippen molar-refractivity contribution in [3.63, 3.8) is 0 Å². The zero-order valence-electron chi connectivity index (χ0n) is 14.3. The van der Waals surface area contributed by atoms with Crippen molar-refractivity contribution in [1.82, 2.24) is 24.5 Å². The number of likely N-dealkylation sites (tertiary alicyclic amines) is 1. The fourth-order valence-electron chi connectivity index (χ4n) is 2.79. The van der Waals surface area contributed by atoms with Crippen LogP contribution in [-0.2, 0) is 6.42 Å². The van der Waals surface area contributed by atoms with Gasteiger partial charge in [-0.3, -0.25) is 9.78 Å². The van der Waals surface area contributed by atoms with Crippen LogP contribution in [0.5, 0.6) is 11.8 Å². The zero-order valence-corrected chi connectivity index (χ0v) is 15.2. The van der Waals surface area contributed by atoms with E-state index in [2.05, 4.69) is 26.5 Å². The Hall–Kier alpha value is -2.29. The van der Waals surface area contributed by atoms with E-state index in [-0.39, 0.29) is 12.0 Å². The fourth-order valence-corrected chi connectivity index (χ4v) is 3.47. The van der Waals surface area contributed by atoms with Crippen LogP contribution in [0.25, 0.3) is 0 Å². The van der Waals surface area contributed by atoms with Gasteiger partial charge >= 0.3 is 0 Å². The van der Waals surface area contributed by atoms with Crippen LogP contribution in [0.4, 0.5) is 0 Å². The number of nitrogens with zero attached hydrogens (tertiary/aromatic N) is 5. The number of amides is 1. The lowest BCUT2D eigenvalue weighted by Gasteiger charge is -2.32. The quantitative estimate of drug-likeness (QED) is 0.775. The van der Waals surface area contributed by atoms with Crippen molar-refractivity contribution in [3.8, 4) is 11.8 Å². The lowest BCUT2D eigenvalue weighted by Crippen LogP contribution is -2.44. The van der Waals surface area contributed by atoms with Crippen LogP contribution in [0.2, 0.25) is 0 Å². The maximum Gasteiger partial charge on any atom is 0.267 e. The van der Waals surface area contributed by atoms with E-state index in [4.69, 9.17) is 9.47 Å². The number of carbonyl (C=O) groups is 1. The van der Waals surface area contributed by atoms with Gasteiger partial charge in [0.05, 0.1) is 31.7 Å². The minimum absolute atomic E-state index is 0.0107. The normalized spacial score (nSPS) is 17.4. The molecule has 134 valence electrons. The number of piperidine rings is 1. The van der Waals surface area contributed by atoms with Crippen LogP contribution < -0.4 is 9.47 Å². The first-order valence-electron chi connectivity index (χ1n) is 8.34. The molecule has 1 amide bonds. The van der Waals surface area contributed by atoms with Gasteiger partial charge in [0.15, 0.2) is 0 Å². The van der Waals surface area contributed by atoms with Crippen molar-refractivity contribution in [2.45, 2.75) is 38.7 Å². The predicted octanol–water partition coefficient (Wildman–Crippen LogP) is 1.97. The van der Waals surface area contributed by atoms with E-state index in [0.717, 1.165) is 31.4 Å². The Balaban J connectivity index is 1.66. The molecule has 9 heteroatoms. The maximum absolute atomic E-state index is 12.8. The van der Waals surface area contributed by atoms with Crippen LogP contribution in [0, 0.1) is 0 Å². The molecular weight excluding hydrogens is 342 g/mol. The molecule has 1 unspecified atom stereocenters. The van der Waals surface area contributed by atoms with Crippen molar-refractivity contribution < 1.29 is 14.3 Å². The van der Waals surface area contributed by atoms with Gasteiger partial charge < -0.3 is 14.4 Å². The second-order valence-corrected chi connectivity index (χ2v) is 6.59. The highest BCUT2D eigenvalue weighted by molar-refractivity contribution is 7.08. The van der Waals surface area contributed by atoms with Crippen LogP contribution in [0.3, 0.4) is 0 Å². The summed E-state index contributed by atoms with van der Waals surface area (Å²) in [4.78, 5) is 23.5. The molecule has 0 bridgehead atoms. The summed E-state index contributed by atoms with van der Waals surface area (Å²) in [7, 11) is 1.53. The van der Waals surface area contributed by atoms with E-state index < -0.39 is 0 Å². The molecule has 3 rings (SSSR count). The summed E-state index contributed by atoms with van der Waals surface area (Å²) in [5.74, 6) is 0.800. The second kappa shape index (κ2) is 8.19. The Morgan fingerprint density at radius 3 is 3.04 bits per heavy atom. The van der Waals surface area contributed by atoms with Gasteiger partial charge in [0, 0.05) is 6.54 Å². The highest BCUT2D eigenvalue weighted by Crippen LogP contribution is 2.22. The molecule has 1 fully saturated rings. The van der Waals surface area contributed by atoms with Crippen molar-refractivity contribution >= 4 is 17.4 Å². The third-order valence-electron chi connectivity index (χ3n) is 3.99. The van der Waals surface area contributed by atoms with Gasteiger partial charge in [-0.2, -0.15) is 4.98 Å². The minimum Gasteiger partial charge on any atom is -0.480 e.